The fourth-order valence-corrected chi connectivity index (χ4v) is 5.33. The van der Waals surface area contributed by atoms with Gasteiger partial charge in [-0.2, -0.15) is 0 Å². The average Bonchev–Trinajstić information content (AvgIpc) is 3.29. The number of hydrogen-bond donors (Lipinski definition) is 0. The minimum atomic E-state index is -0.0299. The standard InChI is InChI=1S/C28H26/c1-3-20(2)28(18-16-21-10-4-9-15-27(21)28)19-17-26-24-13-7-5-11-22(24)23-12-6-8-14-25(23)26/h4-16,18,26H,2-3,17,19H2,1H3. The Bertz CT molecular complexity index is 1040. The molecule has 28 heavy (non-hydrogen) atoms. The molecule has 0 aromatic heterocycles. The molecule has 2 aliphatic rings. The van der Waals surface area contributed by atoms with Crippen molar-refractivity contribution < 1.29 is 0 Å². The van der Waals surface area contributed by atoms with Gasteiger partial charge < -0.3 is 0 Å². The average molecular weight is 363 g/mol. The van der Waals surface area contributed by atoms with Gasteiger partial charge in [0, 0.05) is 11.3 Å². The van der Waals surface area contributed by atoms with Gasteiger partial charge in [0.1, 0.15) is 0 Å². The minimum Gasteiger partial charge on any atom is -0.0987 e. The molecule has 0 bridgehead atoms. The van der Waals surface area contributed by atoms with Gasteiger partial charge in [-0.25, -0.2) is 0 Å². The Labute approximate surface area is 168 Å². The van der Waals surface area contributed by atoms with Crippen LogP contribution in [0.1, 0.15) is 54.4 Å². The molecule has 0 fully saturated rings. The molecule has 0 saturated heterocycles. The first-order valence-corrected chi connectivity index (χ1v) is 10.4. The molecular formula is C28H26. The van der Waals surface area contributed by atoms with Crippen LogP contribution >= 0.6 is 0 Å². The van der Waals surface area contributed by atoms with Crippen molar-refractivity contribution in [3.05, 3.63) is 113 Å². The second kappa shape index (κ2) is 6.63. The van der Waals surface area contributed by atoms with Crippen LogP contribution in [0.4, 0.5) is 0 Å². The van der Waals surface area contributed by atoms with Crippen molar-refractivity contribution in [3.8, 4) is 11.1 Å². The van der Waals surface area contributed by atoms with Gasteiger partial charge in [-0.3, -0.25) is 0 Å². The maximum Gasteiger partial charge on any atom is 0.0348 e. The van der Waals surface area contributed by atoms with E-state index in [2.05, 4.69) is 98.5 Å². The summed E-state index contributed by atoms with van der Waals surface area (Å²) < 4.78 is 0. The second-order valence-electron chi connectivity index (χ2n) is 8.11. The third-order valence-corrected chi connectivity index (χ3v) is 6.84. The summed E-state index contributed by atoms with van der Waals surface area (Å²) in [6.45, 7) is 6.74. The Morgan fingerprint density at radius 1 is 0.857 bits per heavy atom. The molecule has 0 spiro atoms. The number of fused-ring (bicyclic) bond motifs is 4. The van der Waals surface area contributed by atoms with E-state index in [0.717, 1.165) is 19.3 Å². The van der Waals surface area contributed by atoms with Crippen molar-refractivity contribution in [2.75, 3.05) is 0 Å². The molecular weight excluding hydrogens is 336 g/mol. The van der Waals surface area contributed by atoms with Crippen molar-refractivity contribution in [3.63, 3.8) is 0 Å². The molecule has 0 amide bonds. The van der Waals surface area contributed by atoms with E-state index in [0.29, 0.717) is 5.92 Å². The van der Waals surface area contributed by atoms with Crippen molar-refractivity contribution in [2.24, 2.45) is 0 Å². The van der Waals surface area contributed by atoms with Gasteiger partial charge in [0.25, 0.3) is 0 Å². The van der Waals surface area contributed by atoms with Crippen LogP contribution < -0.4 is 0 Å². The Morgan fingerprint density at radius 3 is 2.14 bits per heavy atom. The predicted molar refractivity (Wildman–Crippen MR) is 120 cm³/mol. The Kier molecular flexibility index (Phi) is 4.09. The van der Waals surface area contributed by atoms with E-state index in [1.165, 1.54) is 39.0 Å². The summed E-state index contributed by atoms with van der Waals surface area (Å²) in [6, 6.07) is 26.7. The normalized spacial score (nSPS) is 19.3. The molecule has 0 heteroatoms. The highest BCUT2D eigenvalue weighted by atomic mass is 14.4. The van der Waals surface area contributed by atoms with E-state index in [4.69, 9.17) is 0 Å². The summed E-state index contributed by atoms with van der Waals surface area (Å²) in [5.74, 6) is 0.468. The van der Waals surface area contributed by atoms with Crippen molar-refractivity contribution in [1.29, 1.82) is 0 Å². The molecule has 1 atom stereocenters. The van der Waals surface area contributed by atoms with Gasteiger partial charge in [-0.1, -0.05) is 104 Å². The first-order valence-electron chi connectivity index (χ1n) is 10.4. The summed E-state index contributed by atoms with van der Waals surface area (Å²) in [4.78, 5) is 0. The molecule has 0 N–H and O–H groups in total. The molecule has 3 aromatic carbocycles. The van der Waals surface area contributed by atoms with E-state index in [1.807, 2.05) is 0 Å². The van der Waals surface area contributed by atoms with Gasteiger partial charge >= 0.3 is 0 Å². The van der Waals surface area contributed by atoms with E-state index < -0.39 is 0 Å². The lowest BCUT2D eigenvalue weighted by molar-refractivity contribution is 0.516. The molecule has 0 saturated carbocycles. The molecule has 0 nitrogen and oxygen atoms in total. The predicted octanol–water partition coefficient (Wildman–Crippen LogP) is 7.51. The van der Waals surface area contributed by atoms with Crippen LogP contribution in [0.25, 0.3) is 17.2 Å². The fraction of sp³-hybridized carbons (Fsp3) is 0.214. The smallest absolute Gasteiger partial charge is 0.0348 e. The van der Waals surface area contributed by atoms with Crippen LogP contribution in [-0.4, -0.2) is 0 Å². The Balaban J connectivity index is 1.54. The lowest BCUT2D eigenvalue weighted by atomic mass is 9.70. The lowest BCUT2D eigenvalue weighted by Gasteiger charge is -2.33. The largest absolute Gasteiger partial charge is 0.0987 e. The van der Waals surface area contributed by atoms with E-state index in [-0.39, 0.29) is 5.41 Å². The third kappa shape index (κ3) is 2.44. The van der Waals surface area contributed by atoms with Crippen LogP contribution in [0.2, 0.25) is 0 Å². The number of allylic oxidation sites excluding steroid dienone is 2. The minimum absolute atomic E-state index is 0.0299. The van der Waals surface area contributed by atoms with Crippen molar-refractivity contribution in [2.45, 2.75) is 37.5 Å². The van der Waals surface area contributed by atoms with Gasteiger partial charge in [-0.15, -0.1) is 0 Å². The van der Waals surface area contributed by atoms with E-state index in [9.17, 15) is 0 Å². The van der Waals surface area contributed by atoms with Crippen LogP contribution in [0.5, 0.6) is 0 Å². The molecule has 5 rings (SSSR count). The van der Waals surface area contributed by atoms with Crippen LogP contribution in [0.15, 0.2) is 91.0 Å². The second-order valence-corrected chi connectivity index (χ2v) is 8.11. The third-order valence-electron chi connectivity index (χ3n) is 6.84. The Morgan fingerprint density at radius 2 is 1.46 bits per heavy atom. The molecule has 1 unspecified atom stereocenters. The summed E-state index contributed by atoms with van der Waals surface area (Å²) in [5.41, 5.74) is 9.87. The summed E-state index contributed by atoms with van der Waals surface area (Å²) >= 11 is 0. The highest BCUT2D eigenvalue weighted by Gasteiger charge is 2.38. The van der Waals surface area contributed by atoms with E-state index in [1.54, 1.807) is 0 Å². The first kappa shape index (κ1) is 17.3. The maximum absolute atomic E-state index is 4.51. The van der Waals surface area contributed by atoms with Crippen LogP contribution in [0.3, 0.4) is 0 Å². The highest BCUT2D eigenvalue weighted by Crippen LogP contribution is 2.51. The SMILES string of the molecule is C=C(CC)C1(CCC2c3ccccc3-c3ccccc32)C=Cc2ccccc21. The quantitative estimate of drug-likeness (QED) is 0.412. The van der Waals surface area contributed by atoms with Gasteiger partial charge in [0.2, 0.25) is 0 Å². The van der Waals surface area contributed by atoms with Gasteiger partial charge in [-0.05, 0) is 52.6 Å². The fourth-order valence-electron chi connectivity index (χ4n) is 5.33. The van der Waals surface area contributed by atoms with Crippen molar-refractivity contribution in [1.82, 2.24) is 0 Å². The summed E-state index contributed by atoms with van der Waals surface area (Å²) in [5, 5.41) is 0. The van der Waals surface area contributed by atoms with Crippen LogP contribution in [-0.2, 0) is 5.41 Å². The molecule has 3 aromatic rings. The molecule has 0 heterocycles. The zero-order valence-electron chi connectivity index (χ0n) is 16.5. The van der Waals surface area contributed by atoms with Gasteiger partial charge in [0.15, 0.2) is 0 Å². The molecule has 0 radical (unpaired) electrons. The highest BCUT2D eigenvalue weighted by molar-refractivity contribution is 5.78. The molecule has 138 valence electrons. The Hall–Kier alpha value is -2.86. The molecule has 2 aliphatic carbocycles. The van der Waals surface area contributed by atoms with Crippen LogP contribution in [0, 0.1) is 0 Å². The number of hydrogen-bond acceptors (Lipinski definition) is 0. The number of rotatable bonds is 5. The zero-order valence-corrected chi connectivity index (χ0v) is 16.5. The van der Waals surface area contributed by atoms with E-state index >= 15 is 0 Å². The molecule has 0 aliphatic heterocycles. The summed E-state index contributed by atoms with van der Waals surface area (Å²) in [7, 11) is 0. The van der Waals surface area contributed by atoms with Gasteiger partial charge in [0.05, 0.1) is 0 Å². The number of benzene rings is 3. The first-order chi connectivity index (χ1) is 13.7. The topological polar surface area (TPSA) is 0 Å². The maximum atomic E-state index is 4.51. The summed E-state index contributed by atoms with van der Waals surface area (Å²) in [6.07, 6.45) is 7.95. The van der Waals surface area contributed by atoms with Crippen molar-refractivity contribution >= 4 is 6.08 Å². The monoisotopic (exact) mass is 362 g/mol. The zero-order chi connectivity index (χ0) is 19.1. The lowest BCUT2D eigenvalue weighted by Crippen LogP contribution is -2.25.